The summed E-state index contributed by atoms with van der Waals surface area (Å²) in [5, 5.41) is 3.96. The van der Waals surface area contributed by atoms with Crippen LogP contribution in [-0.2, 0) is 20.0 Å². The largest absolute Gasteiger partial charge is 0.468 e. The minimum atomic E-state index is -0.442. The molecule has 1 heterocycles. The molecule has 2 aromatic carbocycles. The molecule has 0 N–H and O–H groups in total. The predicted octanol–water partition coefficient (Wildman–Crippen LogP) is 3.91. The summed E-state index contributed by atoms with van der Waals surface area (Å²) in [6, 6.07) is 20.5. The molecule has 2 aromatic rings. The Kier molecular flexibility index (Phi) is 6.36. The van der Waals surface area contributed by atoms with E-state index in [1.807, 2.05) is 49.5 Å². The maximum Gasteiger partial charge on any atom is 0.293 e. The van der Waals surface area contributed by atoms with Crippen molar-refractivity contribution in [2.24, 2.45) is 5.16 Å². The van der Waals surface area contributed by atoms with E-state index in [1.54, 1.807) is 0 Å². The fourth-order valence-corrected chi connectivity index (χ4v) is 2.42. The van der Waals surface area contributed by atoms with Gasteiger partial charge in [-0.15, -0.1) is 0 Å². The van der Waals surface area contributed by atoms with Crippen molar-refractivity contribution >= 4 is 12.7 Å². The highest BCUT2D eigenvalue weighted by molar-refractivity contribution is 5.63. The molecule has 3 rings (SSSR count). The maximum absolute atomic E-state index is 9.34. The first-order valence-electron chi connectivity index (χ1n) is 7.70. The second-order valence-corrected chi connectivity index (χ2v) is 5.11. The summed E-state index contributed by atoms with van der Waals surface area (Å²) in [7, 11) is 0. The van der Waals surface area contributed by atoms with Crippen molar-refractivity contribution < 1.29 is 14.4 Å². The van der Waals surface area contributed by atoms with Gasteiger partial charge in [-0.25, -0.2) is 0 Å². The molecule has 0 aliphatic carbocycles. The van der Waals surface area contributed by atoms with Gasteiger partial charge >= 0.3 is 0 Å². The van der Waals surface area contributed by atoms with E-state index in [-0.39, 0.29) is 0 Å². The van der Waals surface area contributed by atoms with Crippen LogP contribution in [0.5, 0.6) is 0 Å². The van der Waals surface area contributed by atoms with Crippen molar-refractivity contribution in [2.45, 2.75) is 25.4 Å². The van der Waals surface area contributed by atoms with Crippen molar-refractivity contribution in [3.05, 3.63) is 71.8 Å². The molecular formula is C19H21NO3. The number of ether oxygens (including phenoxy) is 1. The van der Waals surface area contributed by atoms with Crippen LogP contribution in [-0.4, -0.2) is 19.3 Å². The van der Waals surface area contributed by atoms with Crippen LogP contribution >= 0.6 is 0 Å². The lowest BCUT2D eigenvalue weighted by atomic mass is 9.84. The molecule has 4 heteroatoms. The summed E-state index contributed by atoms with van der Waals surface area (Å²) in [5.74, 6) is 0. The van der Waals surface area contributed by atoms with Crippen molar-refractivity contribution in [1.29, 1.82) is 0 Å². The van der Waals surface area contributed by atoms with E-state index in [0.29, 0.717) is 13.1 Å². The summed E-state index contributed by atoms with van der Waals surface area (Å²) >= 11 is 0. The summed E-state index contributed by atoms with van der Waals surface area (Å²) in [6.07, 6.45) is 3.51. The number of hydrogen-bond donors (Lipinski definition) is 0. The first kappa shape index (κ1) is 16.7. The van der Waals surface area contributed by atoms with Gasteiger partial charge in [0, 0.05) is 23.8 Å². The topological polar surface area (TPSA) is 47.9 Å². The minimum Gasteiger partial charge on any atom is -0.468 e. The summed E-state index contributed by atoms with van der Waals surface area (Å²) in [5.41, 5.74) is 1.84. The van der Waals surface area contributed by atoms with Crippen LogP contribution in [0, 0.1) is 0 Å². The molecule has 4 nitrogen and oxygen atoms in total. The smallest absolute Gasteiger partial charge is 0.293 e. The quantitative estimate of drug-likeness (QED) is 0.621. The normalized spacial score (nSPS) is 14.3. The first-order valence-corrected chi connectivity index (χ1v) is 7.70. The fourth-order valence-electron chi connectivity index (χ4n) is 2.42. The number of hydrogen-bond acceptors (Lipinski definition) is 4. The van der Waals surface area contributed by atoms with Gasteiger partial charge in [0.05, 0.1) is 6.61 Å². The zero-order valence-corrected chi connectivity index (χ0v) is 13.2. The average Bonchev–Trinajstić information content (AvgIpc) is 3.13. The monoisotopic (exact) mass is 311 g/mol. The molecule has 0 aromatic heterocycles. The Morgan fingerprint density at radius 2 is 1.65 bits per heavy atom. The Morgan fingerprint density at radius 3 is 2.00 bits per heavy atom. The first-order chi connectivity index (χ1) is 11.3. The number of rotatable bonds is 5. The lowest BCUT2D eigenvalue weighted by Crippen LogP contribution is -2.26. The van der Waals surface area contributed by atoms with E-state index in [4.69, 9.17) is 4.84 Å². The Labute approximate surface area is 136 Å². The summed E-state index contributed by atoms with van der Waals surface area (Å²) in [4.78, 5) is 15.0. The van der Waals surface area contributed by atoms with Crippen LogP contribution in [0.1, 0.15) is 30.9 Å². The molecular weight excluding hydrogens is 290 g/mol. The SMILES string of the molecule is C1=NOC(c2ccccc2)(c2ccccc2)C1.CCCOC=O. The van der Waals surface area contributed by atoms with Crippen LogP contribution < -0.4 is 0 Å². The lowest BCUT2D eigenvalue weighted by Gasteiger charge is -2.27. The van der Waals surface area contributed by atoms with E-state index in [9.17, 15) is 4.79 Å². The third-order valence-electron chi connectivity index (χ3n) is 3.53. The number of nitrogens with zero attached hydrogens (tertiary/aromatic N) is 1. The number of oxime groups is 1. The van der Waals surface area contributed by atoms with Crippen LogP contribution in [0.2, 0.25) is 0 Å². The Balaban J connectivity index is 0.000000277. The fraction of sp³-hybridized carbons (Fsp3) is 0.263. The van der Waals surface area contributed by atoms with Crippen LogP contribution in [0.3, 0.4) is 0 Å². The van der Waals surface area contributed by atoms with Gasteiger partial charge in [0.1, 0.15) is 0 Å². The molecule has 0 saturated carbocycles. The summed E-state index contributed by atoms with van der Waals surface area (Å²) in [6.45, 7) is 2.95. The number of carbonyl (C=O) groups is 1. The number of carbonyl (C=O) groups excluding carboxylic acids is 1. The van der Waals surface area contributed by atoms with Gasteiger partial charge in [-0.3, -0.25) is 4.79 Å². The van der Waals surface area contributed by atoms with Crippen LogP contribution in [0.15, 0.2) is 65.8 Å². The highest BCUT2D eigenvalue weighted by Gasteiger charge is 2.39. The van der Waals surface area contributed by atoms with Crippen molar-refractivity contribution in [1.82, 2.24) is 0 Å². The molecule has 23 heavy (non-hydrogen) atoms. The second-order valence-electron chi connectivity index (χ2n) is 5.11. The van der Waals surface area contributed by atoms with Crippen molar-refractivity contribution in [3.8, 4) is 0 Å². The highest BCUT2D eigenvalue weighted by atomic mass is 16.7. The third kappa shape index (κ3) is 4.19. The number of benzene rings is 2. The molecule has 1 aliphatic rings. The Morgan fingerprint density at radius 1 is 1.09 bits per heavy atom. The standard InChI is InChI=1S/C15H13NO.C4H8O2/c1-3-7-13(8-4-1)15(11-12-16-17-15)14-9-5-2-6-10-14;1-2-3-6-4-5/h1-10,12H,11H2;4H,2-3H2,1H3. The molecule has 0 fully saturated rings. The predicted molar refractivity (Wildman–Crippen MR) is 90.2 cm³/mol. The van der Waals surface area contributed by atoms with Crippen LogP contribution in [0.4, 0.5) is 0 Å². The van der Waals surface area contributed by atoms with Gasteiger partial charge in [-0.05, 0) is 6.42 Å². The molecule has 0 radical (unpaired) electrons. The minimum absolute atomic E-state index is 0.442. The van der Waals surface area contributed by atoms with E-state index >= 15 is 0 Å². The second kappa shape index (κ2) is 8.73. The molecule has 0 unspecified atom stereocenters. The Bertz CT molecular complexity index is 562. The molecule has 120 valence electrons. The molecule has 0 bridgehead atoms. The van der Waals surface area contributed by atoms with Crippen molar-refractivity contribution in [3.63, 3.8) is 0 Å². The van der Waals surface area contributed by atoms with E-state index < -0.39 is 5.60 Å². The van der Waals surface area contributed by atoms with Gasteiger partial charge in [-0.2, -0.15) is 0 Å². The van der Waals surface area contributed by atoms with Crippen molar-refractivity contribution in [2.75, 3.05) is 6.61 Å². The van der Waals surface area contributed by atoms with E-state index in [0.717, 1.165) is 24.0 Å². The highest BCUT2D eigenvalue weighted by Crippen LogP contribution is 2.39. The zero-order chi connectivity index (χ0) is 16.4. The maximum atomic E-state index is 9.34. The molecule has 0 amide bonds. The molecule has 1 aliphatic heterocycles. The van der Waals surface area contributed by atoms with Gasteiger partial charge < -0.3 is 9.57 Å². The third-order valence-corrected chi connectivity index (χ3v) is 3.53. The average molecular weight is 311 g/mol. The van der Waals surface area contributed by atoms with Crippen LogP contribution in [0.25, 0.3) is 0 Å². The molecule has 0 saturated heterocycles. The van der Waals surface area contributed by atoms with Gasteiger partial charge in [0.25, 0.3) is 6.47 Å². The molecule has 0 atom stereocenters. The van der Waals surface area contributed by atoms with Gasteiger partial charge in [0.15, 0.2) is 5.60 Å². The molecule has 0 spiro atoms. The summed E-state index contributed by atoms with van der Waals surface area (Å²) < 4.78 is 4.30. The zero-order valence-electron chi connectivity index (χ0n) is 13.2. The van der Waals surface area contributed by atoms with Gasteiger partial charge in [-0.1, -0.05) is 72.7 Å². The Hall–Kier alpha value is -2.62. The lowest BCUT2D eigenvalue weighted by molar-refractivity contribution is -0.128. The van der Waals surface area contributed by atoms with Gasteiger partial charge in [0.2, 0.25) is 0 Å². The van der Waals surface area contributed by atoms with E-state index in [2.05, 4.69) is 34.2 Å². The van der Waals surface area contributed by atoms with E-state index in [1.165, 1.54) is 0 Å².